The van der Waals surface area contributed by atoms with Gasteiger partial charge in [-0.1, -0.05) is 24.3 Å². The average Bonchev–Trinajstić information content (AvgIpc) is 3.36. The summed E-state index contributed by atoms with van der Waals surface area (Å²) in [5.41, 5.74) is 0.806. The van der Waals surface area contributed by atoms with E-state index in [9.17, 15) is 22.8 Å². The molecule has 31 heavy (non-hydrogen) atoms. The molecule has 0 fully saturated rings. The zero-order valence-corrected chi connectivity index (χ0v) is 16.3. The molecule has 0 saturated heterocycles. The molecule has 1 atom stereocenters. The number of hydrazone groups is 1. The van der Waals surface area contributed by atoms with E-state index in [1.165, 1.54) is 19.1 Å². The van der Waals surface area contributed by atoms with Crippen LogP contribution in [0.15, 0.2) is 66.0 Å². The Bertz CT molecular complexity index is 1170. The van der Waals surface area contributed by atoms with Crippen molar-refractivity contribution >= 4 is 23.1 Å². The van der Waals surface area contributed by atoms with Crippen LogP contribution in [0.2, 0.25) is 0 Å². The van der Waals surface area contributed by atoms with Gasteiger partial charge < -0.3 is 4.98 Å². The minimum Gasteiger partial charge on any atom is -0.345 e. The number of imidazole rings is 1. The second kappa shape index (κ2) is 7.82. The number of carbonyl (C=O) groups excluding carboxylic acids is 2. The van der Waals surface area contributed by atoms with Crippen LogP contribution in [0.5, 0.6) is 0 Å². The zero-order valence-electron chi connectivity index (χ0n) is 16.3. The van der Waals surface area contributed by atoms with Crippen molar-refractivity contribution in [3.05, 3.63) is 72.1 Å². The van der Waals surface area contributed by atoms with Gasteiger partial charge in [0, 0.05) is 24.4 Å². The van der Waals surface area contributed by atoms with Crippen molar-refractivity contribution < 1.29 is 22.8 Å². The standard InChI is InChI=1S/C22H17F3N4O2/c1-13-19(18(30)11-14-4-2-5-15(10-14)20-26-8-9-27-20)21(31)29(28-13)17-7-3-6-16(12-17)22(23,24)25/h2-10,12,19H,11H2,1H3,(H,26,27). The number of benzene rings is 2. The minimum absolute atomic E-state index is 0.0196. The Kier molecular flexibility index (Phi) is 5.18. The first-order chi connectivity index (χ1) is 14.7. The number of anilines is 1. The number of hydrogen-bond donors (Lipinski definition) is 1. The quantitative estimate of drug-likeness (QED) is 0.620. The molecule has 0 saturated carbocycles. The Hall–Kier alpha value is -3.75. The Balaban J connectivity index is 1.54. The van der Waals surface area contributed by atoms with E-state index in [1.54, 1.807) is 30.6 Å². The normalized spacial score (nSPS) is 16.5. The first-order valence-electron chi connectivity index (χ1n) is 9.42. The van der Waals surface area contributed by atoms with Crippen molar-refractivity contribution in [1.29, 1.82) is 0 Å². The summed E-state index contributed by atoms with van der Waals surface area (Å²) in [5, 5.41) is 4.93. The lowest BCUT2D eigenvalue weighted by molar-refractivity contribution is -0.137. The summed E-state index contributed by atoms with van der Waals surface area (Å²) in [6.07, 6.45) is -1.26. The third kappa shape index (κ3) is 4.11. The molecule has 0 radical (unpaired) electrons. The summed E-state index contributed by atoms with van der Waals surface area (Å²) >= 11 is 0. The fourth-order valence-electron chi connectivity index (χ4n) is 3.49. The highest BCUT2D eigenvalue weighted by molar-refractivity contribution is 6.27. The van der Waals surface area contributed by atoms with Crippen LogP contribution < -0.4 is 5.01 Å². The molecule has 0 aliphatic carbocycles. The number of nitrogens with one attached hydrogen (secondary N) is 1. The number of Topliss-reactive ketones (excluding diaryl/α,β-unsaturated/α-hetero) is 1. The number of H-pyrrole nitrogens is 1. The maximum absolute atomic E-state index is 13.0. The SMILES string of the molecule is CC1=NN(c2cccc(C(F)(F)F)c2)C(=O)C1C(=O)Cc1cccc(-c2ncc[nH]2)c1. The van der Waals surface area contributed by atoms with E-state index >= 15 is 0 Å². The topological polar surface area (TPSA) is 78.4 Å². The molecule has 1 N–H and O–H groups in total. The maximum Gasteiger partial charge on any atom is 0.416 e. The zero-order chi connectivity index (χ0) is 22.2. The van der Waals surface area contributed by atoms with Gasteiger partial charge in [0.05, 0.1) is 17.0 Å². The molecule has 0 bridgehead atoms. The highest BCUT2D eigenvalue weighted by Crippen LogP contribution is 2.33. The predicted octanol–water partition coefficient (Wildman–Crippen LogP) is 4.25. The molecule has 2 heterocycles. The predicted molar refractivity (Wildman–Crippen MR) is 108 cm³/mol. The highest BCUT2D eigenvalue weighted by atomic mass is 19.4. The van der Waals surface area contributed by atoms with Gasteiger partial charge in [0.15, 0.2) is 5.78 Å². The second-order valence-corrected chi connectivity index (χ2v) is 7.15. The van der Waals surface area contributed by atoms with Crippen molar-refractivity contribution in [3.8, 4) is 11.4 Å². The second-order valence-electron chi connectivity index (χ2n) is 7.15. The summed E-state index contributed by atoms with van der Waals surface area (Å²) < 4.78 is 39.0. The van der Waals surface area contributed by atoms with E-state index in [-0.39, 0.29) is 23.6 Å². The number of hydrogen-bond acceptors (Lipinski definition) is 4. The van der Waals surface area contributed by atoms with Crippen molar-refractivity contribution in [3.63, 3.8) is 0 Å². The Morgan fingerprint density at radius 3 is 2.65 bits per heavy atom. The molecule has 1 aliphatic rings. The Labute approximate surface area is 175 Å². The lowest BCUT2D eigenvalue weighted by Gasteiger charge is -2.16. The first kappa shape index (κ1) is 20.5. The van der Waals surface area contributed by atoms with Crippen LogP contribution in [0.3, 0.4) is 0 Å². The number of aromatic nitrogens is 2. The van der Waals surface area contributed by atoms with Gasteiger partial charge in [-0.05, 0) is 36.8 Å². The summed E-state index contributed by atoms with van der Waals surface area (Å²) in [6.45, 7) is 1.52. The number of carbonyl (C=O) groups is 2. The van der Waals surface area contributed by atoms with Gasteiger partial charge in [-0.25, -0.2) is 4.98 Å². The number of aromatic amines is 1. The molecule has 1 aromatic heterocycles. The van der Waals surface area contributed by atoms with Crippen LogP contribution in [0.25, 0.3) is 11.4 Å². The van der Waals surface area contributed by atoms with E-state index in [4.69, 9.17) is 0 Å². The van der Waals surface area contributed by atoms with E-state index in [0.29, 0.717) is 11.4 Å². The van der Waals surface area contributed by atoms with E-state index in [0.717, 1.165) is 22.7 Å². The van der Waals surface area contributed by atoms with Crippen LogP contribution in [0.4, 0.5) is 18.9 Å². The van der Waals surface area contributed by atoms with E-state index in [1.807, 2.05) is 6.07 Å². The van der Waals surface area contributed by atoms with Crippen LogP contribution in [0, 0.1) is 5.92 Å². The molecule has 1 amide bonds. The first-order valence-corrected chi connectivity index (χ1v) is 9.42. The van der Waals surface area contributed by atoms with E-state index < -0.39 is 23.6 Å². The van der Waals surface area contributed by atoms with Gasteiger partial charge in [0.25, 0.3) is 5.91 Å². The van der Waals surface area contributed by atoms with Crippen molar-refractivity contribution in [2.24, 2.45) is 11.0 Å². The maximum atomic E-state index is 13.0. The number of ketones is 1. The number of rotatable bonds is 5. The molecule has 3 aromatic rings. The van der Waals surface area contributed by atoms with Gasteiger partial charge >= 0.3 is 6.18 Å². The van der Waals surface area contributed by atoms with Gasteiger partial charge in [0.1, 0.15) is 11.7 Å². The Morgan fingerprint density at radius 2 is 1.94 bits per heavy atom. The lowest BCUT2D eigenvalue weighted by atomic mass is 9.93. The molecule has 0 spiro atoms. The number of amides is 1. The van der Waals surface area contributed by atoms with Gasteiger partial charge in [0.2, 0.25) is 0 Å². The summed E-state index contributed by atoms with van der Waals surface area (Å²) in [5.74, 6) is -1.53. The average molecular weight is 426 g/mol. The fraction of sp³-hybridized carbons (Fsp3) is 0.182. The van der Waals surface area contributed by atoms with Crippen molar-refractivity contribution in [2.75, 3.05) is 5.01 Å². The lowest BCUT2D eigenvalue weighted by Crippen LogP contribution is -2.33. The molecule has 1 aliphatic heterocycles. The van der Waals surface area contributed by atoms with Crippen LogP contribution in [-0.4, -0.2) is 27.4 Å². The fourth-order valence-corrected chi connectivity index (χ4v) is 3.49. The van der Waals surface area contributed by atoms with Crippen molar-refractivity contribution in [1.82, 2.24) is 9.97 Å². The third-order valence-corrected chi connectivity index (χ3v) is 4.95. The minimum atomic E-state index is -4.55. The highest BCUT2D eigenvalue weighted by Gasteiger charge is 2.40. The molecule has 1 unspecified atom stereocenters. The molecular weight excluding hydrogens is 409 g/mol. The summed E-state index contributed by atoms with van der Waals surface area (Å²) in [6, 6.07) is 11.5. The molecule has 9 heteroatoms. The molecule has 4 rings (SSSR count). The molecule has 6 nitrogen and oxygen atoms in total. The van der Waals surface area contributed by atoms with Gasteiger partial charge in [-0.3, -0.25) is 9.59 Å². The van der Waals surface area contributed by atoms with Crippen molar-refractivity contribution in [2.45, 2.75) is 19.5 Å². The van der Waals surface area contributed by atoms with Crippen LogP contribution in [-0.2, 0) is 22.2 Å². The Morgan fingerprint density at radius 1 is 1.16 bits per heavy atom. The molecule has 158 valence electrons. The summed E-state index contributed by atoms with van der Waals surface area (Å²) in [4.78, 5) is 32.9. The third-order valence-electron chi connectivity index (χ3n) is 4.95. The van der Waals surface area contributed by atoms with Crippen LogP contribution in [0.1, 0.15) is 18.1 Å². The molecule has 2 aromatic carbocycles. The van der Waals surface area contributed by atoms with Gasteiger partial charge in [-0.15, -0.1) is 0 Å². The smallest absolute Gasteiger partial charge is 0.345 e. The van der Waals surface area contributed by atoms with Crippen LogP contribution >= 0.6 is 0 Å². The number of nitrogens with zero attached hydrogens (tertiary/aromatic N) is 3. The monoisotopic (exact) mass is 426 g/mol. The molecular formula is C22H17F3N4O2. The van der Waals surface area contributed by atoms with Gasteiger partial charge in [-0.2, -0.15) is 23.3 Å². The largest absolute Gasteiger partial charge is 0.416 e. The number of alkyl halides is 3. The van der Waals surface area contributed by atoms with E-state index in [2.05, 4.69) is 15.1 Å². The summed E-state index contributed by atoms with van der Waals surface area (Å²) in [7, 11) is 0. The number of halogens is 3.